The first-order chi connectivity index (χ1) is 14.1. The number of carbonyl (C=O) groups is 2. The highest BCUT2D eigenvalue weighted by Gasteiger charge is 2.41. The number of fused-ring (bicyclic) bond motifs is 3. The van der Waals surface area contributed by atoms with Gasteiger partial charge < -0.3 is 25.0 Å². The number of ether oxygens (including phenoxy) is 2. The van der Waals surface area contributed by atoms with Gasteiger partial charge in [0.05, 0.1) is 25.6 Å². The molecule has 29 heavy (non-hydrogen) atoms. The molecule has 7 heteroatoms. The molecular weight excluding hydrogens is 370 g/mol. The minimum Gasteiger partial charge on any atom is -0.493 e. The van der Waals surface area contributed by atoms with E-state index in [-0.39, 0.29) is 23.9 Å². The first kappa shape index (κ1) is 18.9. The first-order valence-corrected chi connectivity index (χ1v) is 9.46. The van der Waals surface area contributed by atoms with Crippen molar-refractivity contribution < 1.29 is 19.1 Å². The summed E-state index contributed by atoms with van der Waals surface area (Å²) in [5.74, 6) is 1.02. The van der Waals surface area contributed by atoms with Gasteiger partial charge in [0.25, 0.3) is 0 Å². The van der Waals surface area contributed by atoms with E-state index in [9.17, 15) is 9.59 Å². The molecule has 2 atom stereocenters. The maximum atomic E-state index is 12.4. The van der Waals surface area contributed by atoms with Crippen molar-refractivity contribution in [2.24, 2.45) is 0 Å². The molecule has 2 amide bonds. The summed E-state index contributed by atoms with van der Waals surface area (Å²) >= 11 is 0. The number of hydrogen-bond acceptors (Lipinski definition) is 5. The molecule has 2 aromatic carbocycles. The number of amides is 2. The van der Waals surface area contributed by atoms with Crippen LogP contribution in [0, 0.1) is 0 Å². The third-order valence-corrected chi connectivity index (χ3v) is 5.26. The number of nitrogens with zero attached hydrogens (tertiary/aromatic N) is 1. The smallest absolute Gasteiger partial charge is 0.247 e. The van der Waals surface area contributed by atoms with Crippen molar-refractivity contribution in [3.05, 3.63) is 54.1 Å². The highest BCUT2D eigenvalue weighted by Crippen LogP contribution is 2.36. The van der Waals surface area contributed by atoms with Gasteiger partial charge in [-0.05, 0) is 42.3 Å². The zero-order valence-corrected chi connectivity index (χ0v) is 16.3. The second-order valence-electron chi connectivity index (χ2n) is 7.06. The van der Waals surface area contributed by atoms with E-state index in [2.05, 4.69) is 15.5 Å². The Hall–Kier alpha value is -3.48. The Morgan fingerprint density at radius 3 is 2.76 bits per heavy atom. The molecule has 2 N–H and O–H groups in total. The average molecular weight is 393 g/mol. The van der Waals surface area contributed by atoms with Crippen molar-refractivity contribution >= 4 is 29.3 Å². The standard InChI is InChI=1S/C22H23N3O4/c1-28-19-9-7-14(11-20(19)29-2)8-10-21(26)23-15-12-18-22(27)24-16-5-3-4-6-17(16)25(18)13-15/h3-11,15,18H,12-13H2,1-2H3,(H,23,26)(H,24,27)/b10-8+. The highest BCUT2D eigenvalue weighted by atomic mass is 16.5. The summed E-state index contributed by atoms with van der Waals surface area (Å²) in [5, 5.41) is 5.95. The Morgan fingerprint density at radius 1 is 1.17 bits per heavy atom. The van der Waals surface area contributed by atoms with Gasteiger partial charge in [-0.15, -0.1) is 0 Å². The monoisotopic (exact) mass is 393 g/mol. The average Bonchev–Trinajstić information content (AvgIpc) is 3.16. The van der Waals surface area contributed by atoms with Gasteiger partial charge >= 0.3 is 0 Å². The van der Waals surface area contributed by atoms with E-state index in [0.29, 0.717) is 24.5 Å². The molecule has 0 aromatic heterocycles. The van der Waals surface area contributed by atoms with E-state index in [1.165, 1.54) is 6.08 Å². The summed E-state index contributed by atoms with van der Waals surface area (Å²) in [7, 11) is 3.15. The number of methoxy groups -OCH3 is 2. The number of nitrogens with one attached hydrogen (secondary N) is 2. The van der Waals surface area contributed by atoms with Crippen LogP contribution in [0.5, 0.6) is 11.5 Å². The molecule has 1 fully saturated rings. The van der Waals surface area contributed by atoms with E-state index in [4.69, 9.17) is 9.47 Å². The number of anilines is 2. The quantitative estimate of drug-likeness (QED) is 0.763. The largest absolute Gasteiger partial charge is 0.493 e. The number of rotatable bonds is 5. The topological polar surface area (TPSA) is 79.9 Å². The van der Waals surface area contributed by atoms with Gasteiger partial charge in [0.1, 0.15) is 6.04 Å². The fourth-order valence-corrected chi connectivity index (χ4v) is 3.88. The van der Waals surface area contributed by atoms with E-state index in [0.717, 1.165) is 16.9 Å². The molecule has 1 saturated heterocycles. The van der Waals surface area contributed by atoms with E-state index < -0.39 is 0 Å². The minimum atomic E-state index is -0.259. The molecule has 150 valence electrons. The molecule has 4 rings (SSSR count). The molecule has 2 heterocycles. The molecule has 2 aliphatic heterocycles. The van der Waals surface area contributed by atoms with Gasteiger partial charge in [-0.1, -0.05) is 18.2 Å². The van der Waals surface area contributed by atoms with Crippen LogP contribution in [0.3, 0.4) is 0 Å². The summed E-state index contributed by atoms with van der Waals surface area (Å²) in [5.41, 5.74) is 2.64. The minimum absolute atomic E-state index is 0.0266. The van der Waals surface area contributed by atoms with Crippen LogP contribution in [-0.2, 0) is 9.59 Å². The molecule has 0 radical (unpaired) electrons. The molecule has 0 spiro atoms. The summed E-state index contributed by atoms with van der Waals surface area (Å²) in [6, 6.07) is 12.8. The maximum Gasteiger partial charge on any atom is 0.247 e. The Balaban J connectivity index is 1.41. The van der Waals surface area contributed by atoms with E-state index in [1.54, 1.807) is 32.4 Å². The Labute approximate surface area is 169 Å². The second kappa shape index (κ2) is 7.87. The van der Waals surface area contributed by atoms with Crippen LogP contribution in [0.25, 0.3) is 6.08 Å². The Kier molecular flexibility index (Phi) is 5.12. The lowest BCUT2D eigenvalue weighted by Gasteiger charge is -2.32. The third-order valence-electron chi connectivity index (χ3n) is 5.26. The molecular formula is C22H23N3O4. The molecule has 2 aromatic rings. The lowest BCUT2D eigenvalue weighted by atomic mass is 10.1. The van der Waals surface area contributed by atoms with Crippen molar-refractivity contribution in [3.8, 4) is 11.5 Å². The van der Waals surface area contributed by atoms with Crippen LogP contribution in [-0.4, -0.2) is 44.7 Å². The predicted octanol–water partition coefficient (Wildman–Crippen LogP) is 2.43. The molecule has 2 aliphatic rings. The van der Waals surface area contributed by atoms with Crippen LogP contribution < -0.4 is 25.0 Å². The van der Waals surface area contributed by atoms with Crippen LogP contribution in [0.4, 0.5) is 11.4 Å². The lowest BCUT2D eigenvalue weighted by Crippen LogP contribution is -2.43. The SMILES string of the molecule is COc1ccc(/C=C/C(=O)NC2CC3C(=O)Nc4ccccc4N3C2)cc1OC. The Morgan fingerprint density at radius 2 is 1.97 bits per heavy atom. The molecule has 0 saturated carbocycles. The third kappa shape index (κ3) is 3.76. The van der Waals surface area contributed by atoms with E-state index in [1.807, 2.05) is 30.3 Å². The van der Waals surface area contributed by atoms with Gasteiger partial charge in [-0.3, -0.25) is 9.59 Å². The zero-order valence-electron chi connectivity index (χ0n) is 16.3. The van der Waals surface area contributed by atoms with Gasteiger partial charge in [0.15, 0.2) is 11.5 Å². The number of carbonyl (C=O) groups excluding carboxylic acids is 2. The van der Waals surface area contributed by atoms with Crippen molar-refractivity contribution in [3.63, 3.8) is 0 Å². The van der Waals surface area contributed by atoms with Crippen LogP contribution in [0.15, 0.2) is 48.5 Å². The molecule has 0 bridgehead atoms. The van der Waals surface area contributed by atoms with Crippen LogP contribution in [0.1, 0.15) is 12.0 Å². The summed E-state index contributed by atoms with van der Waals surface area (Å²) < 4.78 is 10.5. The highest BCUT2D eigenvalue weighted by molar-refractivity contribution is 6.04. The van der Waals surface area contributed by atoms with Crippen molar-refractivity contribution in [1.82, 2.24) is 5.32 Å². The zero-order chi connectivity index (χ0) is 20.4. The second-order valence-corrected chi connectivity index (χ2v) is 7.06. The van der Waals surface area contributed by atoms with E-state index >= 15 is 0 Å². The fourth-order valence-electron chi connectivity index (χ4n) is 3.88. The molecule has 0 aliphatic carbocycles. The summed E-state index contributed by atoms with van der Waals surface area (Å²) in [6.45, 7) is 0.602. The maximum absolute atomic E-state index is 12.4. The molecule has 2 unspecified atom stereocenters. The first-order valence-electron chi connectivity index (χ1n) is 9.46. The predicted molar refractivity (Wildman–Crippen MR) is 111 cm³/mol. The number of para-hydroxylation sites is 2. The Bertz CT molecular complexity index is 972. The van der Waals surface area contributed by atoms with Gasteiger partial charge in [-0.2, -0.15) is 0 Å². The van der Waals surface area contributed by atoms with Gasteiger partial charge in [0.2, 0.25) is 11.8 Å². The van der Waals surface area contributed by atoms with Crippen LogP contribution in [0.2, 0.25) is 0 Å². The van der Waals surface area contributed by atoms with Crippen molar-refractivity contribution in [1.29, 1.82) is 0 Å². The number of benzene rings is 2. The normalized spacial score (nSPS) is 20.1. The molecule has 7 nitrogen and oxygen atoms in total. The fraction of sp³-hybridized carbons (Fsp3) is 0.273. The summed E-state index contributed by atoms with van der Waals surface area (Å²) in [6.07, 6.45) is 3.80. The van der Waals surface area contributed by atoms with Gasteiger partial charge in [-0.25, -0.2) is 0 Å². The van der Waals surface area contributed by atoms with Crippen LogP contribution >= 0.6 is 0 Å². The van der Waals surface area contributed by atoms with Gasteiger partial charge in [0, 0.05) is 18.7 Å². The lowest BCUT2D eigenvalue weighted by molar-refractivity contribution is -0.118. The summed E-state index contributed by atoms with van der Waals surface area (Å²) in [4.78, 5) is 26.9. The van der Waals surface area contributed by atoms with Crippen molar-refractivity contribution in [2.75, 3.05) is 31.0 Å². The van der Waals surface area contributed by atoms with Crippen molar-refractivity contribution in [2.45, 2.75) is 18.5 Å². The number of hydrogen-bond donors (Lipinski definition) is 2.